The van der Waals surface area contributed by atoms with E-state index < -0.39 is 0 Å². The number of hydrogen-bond donors (Lipinski definition) is 1. The van der Waals surface area contributed by atoms with Crippen LogP contribution in [0.15, 0.2) is 67.0 Å². The fourth-order valence-electron chi connectivity index (χ4n) is 1.80. The minimum Gasteiger partial charge on any atom is -0.508 e. The Kier molecular flexibility index (Phi) is 3.73. The van der Waals surface area contributed by atoms with Crippen molar-refractivity contribution in [3.63, 3.8) is 0 Å². The highest BCUT2D eigenvalue weighted by Gasteiger charge is 2.25. The van der Waals surface area contributed by atoms with Crippen molar-refractivity contribution in [1.29, 1.82) is 0 Å². The van der Waals surface area contributed by atoms with Gasteiger partial charge in [0.05, 0.1) is 0 Å². The molecule has 0 heterocycles. The Morgan fingerprint density at radius 1 is 1.12 bits per heavy atom. The molecule has 1 heteroatoms. The van der Waals surface area contributed by atoms with E-state index in [9.17, 15) is 5.11 Å². The molecular formula is C15H18O. The average molecular weight is 214 g/mol. The summed E-state index contributed by atoms with van der Waals surface area (Å²) in [6.07, 6.45) is 3.13. The van der Waals surface area contributed by atoms with Gasteiger partial charge < -0.3 is 5.11 Å². The zero-order chi connectivity index (χ0) is 12.2. The molecule has 0 aliphatic carbocycles. The molecule has 0 spiro atoms. The average Bonchev–Trinajstić information content (AvgIpc) is 2.30. The Balaban J connectivity index is 3.30. The summed E-state index contributed by atoms with van der Waals surface area (Å²) >= 11 is 0. The summed E-state index contributed by atoms with van der Waals surface area (Å²) in [5.74, 6) is 0.184. The Hall–Kier alpha value is -1.76. The highest BCUT2D eigenvalue weighted by molar-refractivity contribution is 5.42. The molecule has 1 aromatic carbocycles. The molecule has 84 valence electrons. The van der Waals surface area contributed by atoms with E-state index in [2.05, 4.69) is 27.0 Å². The Labute approximate surface area is 97.4 Å². The lowest BCUT2D eigenvalue weighted by molar-refractivity contribution is 0.414. The van der Waals surface area contributed by atoms with Crippen LogP contribution in [-0.4, -0.2) is 5.11 Å². The predicted octanol–water partition coefficient (Wildman–Crippen LogP) is 4.15. The van der Waals surface area contributed by atoms with Gasteiger partial charge in [-0.25, -0.2) is 0 Å². The minimum absolute atomic E-state index is 0.184. The molecule has 0 aromatic heterocycles. The molecule has 0 aliphatic rings. The van der Waals surface area contributed by atoms with Gasteiger partial charge in [0.25, 0.3) is 0 Å². The highest BCUT2D eigenvalue weighted by atomic mass is 16.3. The molecule has 0 amide bonds. The van der Waals surface area contributed by atoms with Crippen molar-refractivity contribution in [3.8, 4) is 0 Å². The topological polar surface area (TPSA) is 20.2 Å². The molecule has 0 aliphatic heterocycles. The van der Waals surface area contributed by atoms with E-state index in [1.54, 1.807) is 6.08 Å². The van der Waals surface area contributed by atoms with Crippen molar-refractivity contribution in [2.45, 2.75) is 19.3 Å². The second-order valence-corrected chi connectivity index (χ2v) is 4.20. The standard InChI is InChI=1S/C15H18O/c1-5-13(14(16)6-2)15(3,4)12-10-8-7-9-11-12/h5-11,16H,1-2H2,3-4H3/b14-13-. The van der Waals surface area contributed by atoms with Crippen LogP contribution in [-0.2, 0) is 5.41 Å². The van der Waals surface area contributed by atoms with Crippen LogP contribution in [0, 0.1) is 0 Å². The summed E-state index contributed by atoms with van der Waals surface area (Å²) < 4.78 is 0. The Morgan fingerprint density at radius 3 is 2.12 bits per heavy atom. The maximum absolute atomic E-state index is 9.80. The summed E-state index contributed by atoms with van der Waals surface area (Å²) in [4.78, 5) is 0. The second kappa shape index (κ2) is 4.84. The molecule has 0 saturated carbocycles. The third kappa shape index (κ3) is 2.25. The summed E-state index contributed by atoms with van der Waals surface area (Å²) in [6, 6.07) is 10.0. The quantitative estimate of drug-likeness (QED) is 0.589. The Bertz CT molecular complexity index is 410. The fraction of sp³-hybridized carbons (Fsp3) is 0.200. The zero-order valence-corrected chi connectivity index (χ0v) is 9.90. The van der Waals surface area contributed by atoms with Gasteiger partial charge in [0, 0.05) is 11.0 Å². The van der Waals surface area contributed by atoms with E-state index in [0.29, 0.717) is 0 Å². The minimum atomic E-state index is -0.277. The van der Waals surface area contributed by atoms with Gasteiger partial charge >= 0.3 is 0 Å². The monoisotopic (exact) mass is 214 g/mol. The first-order chi connectivity index (χ1) is 7.54. The van der Waals surface area contributed by atoms with Crippen LogP contribution in [0.4, 0.5) is 0 Å². The number of allylic oxidation sites excluding steroid dienone is 3. The molecule has 0 fully saturated rings. The van der Waals surface area contributed by atoms with Crippen LogP contribution < -0.4 is 0 Å². The molecule has 0 saturated heterocycles. The van der Waals surface area contributed by atoms with E-state index in [0.717, 1.165) is 11.1 Å². The Morgan fingerprint density at radius 2 is 1.69 bits per heavy atom. The molecule has 1 N–H and O–H groups in total. The maximum atomic E-state index is 9.80. The largest absolute Gasteiger partial charge is 0.508 e. The first-order valence-corrected chi connectivity index (χ1v) is 5.28. The molecule has 0 atom stereocenters. The van der Waals surface area contributed by atoms with Crippen LogP contribution in [0.25, 0.3) is 0 Å². The van der Waals surface area contributed by atoms with Gasteiger partial charge in [-0.1, -0.05) is 63.4 Å². The van der Waals surface area contributed by atoms with Gasteiger partial charge in [-0.3, -0.25) is 0 Å². The molecular weight excluding hydrogens is 196 g/mol. The lowest BCUT2D eigenvalue weighted by atomic mass is 9.77. The van der Waals surface area contributed by atoms with Crippen molar-refractivity contribution in [3.05, 3.63) is 72.5 Å². The smallest absolute Gasteiger partial charge is 0.119 e. The first-order valence-electron chi connectivity index (χ1n) is 5.28. The normalized spacial score (nSPS) is 12.9. The predicted molar refractivity (Wildman–Crippen MR) is 69.5 cm³/mol. The first kappa shape index (κ1) is 12.3. The highest BCUT2D eigenvalue weighted by Crippen LogP contribution is 2.33. The van der Waals surface area contributed by atoms with Crippen LogP contribution in [0.1, 0.15) is 19.4 Å². The molecule has 1 rings (SSSR count). The zero-order valence-electron chi connectivity index (χ0n) is 9.90. The molecule has 0 bridgehead atoms. The summed E-state index contributed by atoms with van der Waals surface area (Å²) in [5.41, 5.74) is 1.65. The maximum Gasteiger partial charge on any atom is 0.119 e. The fourth-order valence-corrected chi connectivity index (χ4v) is 1.80. The lowest BCUT2D eigenvalue weighted by Crippen LogP contribution is -2.20. The SMILES string of the molecule is C=C/C(O)=C(\C=C)C(C)(C)c1ccccc1. The lowest BCUT2D eigenvalue weighted by Gasteiger charge is -2.27. The number of hydrogen-bond acceptors (Lipinski definition) is 1. The molecule has 1 aromatic rings. The molecule has 1 nitrogen and oxygen atoms in total. The van der Waals surface area contributed by atoms with Crippen molar-refractivity contribution >= 4 is 0 Å². The summed E-state index contributed by atoms with van der Waals surface area (Å²) in [6.45, 7) is 11.4. The third-order valence-electron chi connectivity index (χ3n) is 2.84. The van der Waals surface area contributed by atoms with Crippen LogP contribution in [0.3, 0.4) is 0 Å². The van der Waals surface area contributed by atoms with Gasteiger partial charge in [0.1, 0.15) is 5.76 Å². The van der Waals surface area contributed by atoms with Gasteiger partial charge in [-0.05, 0) is 11.6 Å². The van der Waals surface area contributed by atoms with Crippen molar-refractivity contribution < 1.29 is 5.11 Å². The van der Waals surface area contributed by atoms with Crippen molar-refractivity contribution in [1.82, 2.24) is 0 Å². The summed E-state index contributed by atoms with van der Waals surface area (Å²) in [5, 5.41) is 9.80. The van der Waals surface area contributed by atoms with E-state index in [1.165, 1.54) is 6.08 Å². The number of aliphatic hydroxyl groups excluding tert-OH is 1. The molecule has 0 unspecified atom stereocenters. The van der Waals surface area contributed by atoms with Crippen LogP contribution in [0.2, 0.25) is 0 Å². The van der Waals surface area contributed by atoms with Crippen molar-refractivity contribution in [2.24, 2.45) is 0 Å². The van der Waals surface area contributed by atoms with Gasteiger partial charge in [0.15, 0.2) is 0 Å². The number of aliphatic hydroxyl groups is 1. The van der Waals surface area contributed by atoms with Gasteiger partial charge in [0.2, 0.25) is 0 Å². The van der Waals surface area contributed by atoms with E-state index >= 15 is 0 Å². The van der Waals surface area contributed by atoms with Crippen molar-refractivity contribution in [2.75, 3.05) is 0 Å². The van der Waals surface area contributed by atoms with E-state index in [4.69, 9.17) is 0 Å². The van der Waals surface area contributed by atoms with E-state index in [-0.39, 0.29) is 11.2 Å². The number of rotatable bonds is 4. The van der Waals surface area contributed by atoms with Crippen LogP contribution >= 0.6 is 0 Å². The van der Waals surface area contributed by atoms with E-state index in [1.807, 2.05) is 30.3 Å². The second-order valence-electron chi connectivity index (χ2n) is 4.20. The van der Waals surface area contributed by atoms with Crippen LogP contribution in [0.5, 0.6) is 0 Å². The van der Waals surface area contributed by atoms with Gasteiger partial charge in [-0.15, -0.1) is 0 Å². The summed E-state index contributed by atoms with van der Waals surface area (Å²) in [7, 11) is 0. The molecule has 16 heavy (non-hydrogen) atoms. The third-order valence-corrected chi connectivity index (χ3v) is 2.84. The number of benzene rings is 1. The molecule has 0 radical (unpaired) electrons. The van der Waals surface area contributed by atoms with Gasteiger partial charge in [-0.2, -0.15) is 0 Å².